The maximum atomic E-state index is 12.6. The number of sulfonamides is 1. The zero-order valence-electron chi connectivity index (χ0n) is 18.8. The fourth-order valence-electron chi connectivity index (χ4n) is 3.47. The Hall–Kier alpha value is -3.89. The van der Waals surface area contributed by atoms with E-state index in [0.29, 0.717) is 24.5 Å². The number of hydrogen-bond donors (Lipinski definition) is 1. The van der Waals surface area contributed by atoms with Gasteiger partial charge in [-0.1, -0.05) is 18.2 Å². The van der Waals surface area contributed by atoms with Crippen molar-refractivity contribution in [3.63, 3.8) is 0 Å². The highest BCUT2D eigenvalue weighted by molar-refractivity contribution is 7.89. The number of carbonyl (C=O) groups is 2. The van der Waals surface area contributed by atoms with Crippen LogP contribution < -0.4 is 5.32 Å². The van der Waals surface area contributed by atoms with E-state index in [4.69, 9.17) is 4.74 Å². The van der Waals surface area contributed by atoms with Crippen molar-refractivity contribution < 1.29 is 22.7 Å². The first-order valence-corrected chi connectivity index (χ1v) is 12.5. The van der Waals surface area contributed by atoms with Gasteiger partial charge >= 0.3 is 5.97 Å². The summed E-state index contributed by atoms with van der Waals surface area (Å²) < 4.78 is 31.6. The van der Waals surface area contributed by atoms with E-state index in [1.165, 1.54) is 28.6 Å². The monoisotopic (exact) mass is 492 g/mol. The summed E-state index contributed by atoms with van der Waals surface area (Å²) in [7, 11) is -3.56. The molecule has 0 bridgehead atoms. The molecule has 0 atom stereocenters. The van der Waals surface area contributed by atoms with Crippen LogP contribution in [0.1, 0.15) is 23.2 Å². The maximum Gasteiger partial charge on any atom is 0.338 e. The van der Waals surface area contributed by atoms with Crippen molar-refractivity contribution in [2.75, 3.05) is 25.0 Å². The smallest absolute Gasteiger partial charge is 0.338 e. The number of ether oxygens (including phenoxy) is 1. The Balaban J connectivity index is 1.27. The quantitative estimate of drug-likeness (QED) is 0.362. The van der Waals surface area contributed by atoms with Gasteiger partial charge in [-0.3, -0.25) is 4.79 Å². The van der Waals surface area contributed by atoms with Gasteiger partial charge in [-0.15, -0.1) is 0 Å². The highest BCUT2D eigenvalue weighted by atomic mass is 32.2. The summed E-state index contributed by atoms with van der Waals surface area (Å²) in [6.07, 6.45) is 1.69. The molecule has 0 unspecified atom stereocenters. The SMILES string of the molecule is O=C(COC(=O)c1ccc(S(=O)(=O)N2CCCC2)cc1)Nc1ccc(N=Nc2ccccc2)cc1. The molecule has 3 aromatic rings. The molecule has 0 aromatic heterocycles. The van der Waals surface area contributed by atoms with Crippen molar-refractivity contribution in [3.05, 3.63) is 84.4 Å². The zero-order chi connectivity index (χ0) is 24.7. The number of rotatable bonds is 8. The Bertz CT molecular complexity index is 1300. The number of nitrogens with one attached hydrogen (secondary N) is 1. The fourth-order valence-corrected chi connectivity index (χ4v) is 4.99. The van der Waals surface area contributed by atoms with Crippen LogP contribution in [0.2, 0.25) is 0 Å². The number of esters is 1. The highest BCUT2D eigenvalue weighted by Crippen LogP contribution is 2.22. The van der Waals surface area contributed by atoms with Crippen LogP contribution in [-0.4, -0.2) is 44.3 Å². The van der Waals surface area contributed by atoms with E-state index in [0.717, 1.165) is 18.5 Å². The first kappa shape index (κ1) is 24.2. The molecular formula is C25H24N4O5S. The highest BCUT2D eigenvalue weighted by Gasteiger charge is 2.27. The van der Waals surface area contributed by atoms with Gasteiger partial charge in [0.1, 0.15) is 0 Å². The van der Waals surface area contributed by atoms with Crippen LogP contribution in [-0.2, 0) is 19.6 Å². The normalized spacial score (nSPS) is 14.2. The molecule has 1 fully saturated rings. The minimum atomic E-state index is -3.56. The second kappa shape index (κ2) is 11.0. The topological polar surface area (TPSA) is 118 Å². The van der Waals surface area contributed by atoms with Gasteiger partial charge in [0, 0.05) is 18.8 Å². The van der Waals surface area contributed by atoms with Gasteiger partial charge in [-0.05, 0) is 73.5 Å². The molecule has 3 aromatic carbocycles. The summed E-state index contributed by atoms with van der Waals surface area (Å²) in [6.45, 7) is 0.519. The van der Waals surface area contributed by atoms with Gasteiger partial charge in [0.25, 0.3) is 5.91 Å². The summed E-state index contributed by atoms with van der Waals surface area (Å²) >= 11 is 0. The molecule has 1 N–H and O–H groups in total. The van der Waals surface area contributed by atoms with Gasteiger partial charge in [-0.2, -0.15) is 14.5 Å². The van der Waals surface area contributed by atoms with Crippen molar-refractivity contribution in [1.29, 1.82) is 0 Å². The van der Waals surface area contributed by atoms with E-state index in [2.05, 4.69) is 15.5 Å². The molecule has 1 heterocycles. The van der Waals surface area contributed by atoms with E-state index in [1.54, 1.807) is 24.3 Å². The van der Waals surface area contributed by atoms with Crippen LogP contribution in [0.5, 0.6) is 0 Å². The number of hydrogen-bond acceptors (Lipinski definition) is 7. The number of carbonyl (C=O) groups excluding carboxylic acids is 2. The van der Waals surface area contributed by atoms with Crippen LogP contribution in [0.4, 0.5) is 17.1 Å². The van der Waals surface area contributed by atoms with Gasteiger partial charge in [0.15, 0.2) is 6.61 Å². The largest absolute Gasteiger partial charge is 0.452 e. The van der Waals surface area contributed by atoms with Gasteiger partial charge in [-0.25, -0.2) is 13.2 Å². The number of amides is 1. The molecule has 0 saturated carbocycles. The molecule has 1 saturated heterocycles. The summed E-state index contributed by atoms with van der Waals surface area (Å²) in [6, 6.07) is 21.6. The number of nitrogens with zero attached hydrogens (tertiary/aromatic N) is 3. The predicted octanol–water partition coefficient (Wildman–Crippen LogP) is 4.68. The summed E-state index contributed by atoms with van der Waals surface area (Å²) in [5.41, 5.74) is 2.02. The first-order chi connectivity index (χ1) is 16.9. The molecule has 35 heavy (non-hydrogen) atoms. The molecule has 4 rings (SSSR count). The number of anilines is 1. The summed E-state index contributed by atoms with van der Waals surface area (Å²) in [5.74, 6) is -1.23. The van der Waals surface area contributed by atoms with Crippen molar-refractivity contribution in [3.8, 4) is 0 Å². The van der Waals surface area contributed by atoms with Gasteiger partial charge in [0.05, 0.1) is 21.8 Å². The molecule has 0 radical (unpaired) electrons. The molecule has 0 aliphatic carbocycles. The van der Waals surface area contributed by atoms with Gasteiger partial charge in [0.2, 0.25) is 10.0 Å². The predicted molar refractivity (Wildman–Crippen MR) is 130 cm³/mol. The number of azo groups is 1. The third-order valence-corrected chi connectivity index (χ3v) is 7.23. The average molecular weight is 493 g/mol. The molecule has 0 spiro atoms. The van der Waals surface area contributed by atoms with Crippen molar-refractivity contribution in [2.45, 2.75) is 17.7 Å². The Morgan fingerprint density at radius 1 is 0.829 bits per heavy atom. The first-order valence-electron chi connectivity index (χ1n) is 11.1. The van der Waals surface area contributed by atoms with E-state index in [-0.39, 0.29) is 10.5 Å². The molecule has 10 heteroatoms. The second-order valence-electron chi connectivity index (χ2n) is 7.84. The Morgan fingerprint density at radius 2 is 1.43 bits per heavy atom. The molecule has 1 aliphatic rings. The average Bonchev–Trinajstić information content (AvgIpc) is 3.44. The molecule has 9 nitrogen and oxygen atoms in total. The minimum absolute atomic E-state index is 0.125. The van der Waals surface area contributed by atoms with E-state index in [9.17, 15) is 18.0 Å². The Labute approximate surface area is 203 Å². The molecular weight excluding hydrogens is 468 g/mol. The third kappa shape index (κ3) is 6.37. The summed E-state index contributed by atoms with van der Waals surface area (Å²) in [5, 5.41) is 10.9. The lowest BCUT2D eigenvalue weighted by Crippen LogP contribution is -2.27. The Kier molecular flexibility index (Phi) is 7.64. The minimum Gasteiger partial charge on any atom is -0.452 e. The molecule has 180 valence electrons. The zero-order valence-corrected chi connectivity index (χ0v) is 19.6. The molecule has 1 amide bonds. The maximum absolute atomic E-state index is 12.6. The fraction of sp³-hybridized carbons (Fsp3) is 0.200. The lowest BCUT2D eigenvalue weighted by molar-refractivity contribution is -0.119. The van der Waals surface area contributed by atoms with Gasteiger partial charge < -0.3 is 10.1 Å². The van der Waals surface area contributed by atoms with Crippen LogP contribution in [0.15, 0.2) is 94.0 Å². The number of benzene rings is 3. The lowest BCUT2D eigenvalue weighted by atomic mass is 10.2. The van der Waals surface area contributed by atoms with E-state index >= 15 is 0 Å². The van der Waals surface area contributed by atoms with Crippen LogP contribution in [0.3, 0.4) is 0 Å². The van der Waals surface area contributed by atoms with Crippen LogP contribution in [0, 0.1) is 0 Å². The Morgan fingerprint density at radius 3 is 2.06 bits per heavy atom. The summed E-state index contributed by atoms with van der Waals surface area (Å²) in [4.78, 5) is 24.6. The second-order valence-corrected chi connectivity index (χ2v) is 9.78. The van der Waals surface area contributed by atoms with Crippen molar-refractivity contribution in [2.24, 2.45) is 10.2 Å². The molecule has 1 aliphatic heterocycles. The standard InChI is InChI=1S/C25H24N4O5S/c30-24(26-20-10-12-22(13-11-20)28-27-21-6-2-1-3-7-21)18-34-25(31)19-8-14-23(15-9-19)35(32,33)29-16-4-5-17-29/h1-3,6-15H,4-5,16-18H2,(H,26,30). The lowest BCUT2D eigenvalue weighted by Gasteiger charge is -2.15. The van der Waals surface area contributed by atoms with Crippen LogP contribution in [0.25, 0.3) is 0 Å². The van der Waals surface area contributed by atoms with Crippen molar-refractivity contribution in [1.82, 2.24) is 4.31 Å². The van der Waals surface area contributed by atoms with Crippen LogP contribution >= 0.6 is 0 Å². The van der Waals surface area contributed by atoms with E-state index < -0.39 is 28.5 Å². The third-order valence-electron chi connectivity index (χ3n) is 5.32. The van der Waals surface area contributed by atoms with Crippen molar-refractivity contribution >= 4 is 39.0 Å². The van der Waals surface area contributed by atoms with E-state index in [1.807, 2.05) is 30.3 Å².